The lowest BCUT2D eigenvalue weighted by Gasteiger charge is -2.25. The van der Waals surface area contributed by atoms with E-state index in [1.807, 2.05) is 17.9 Å². The van der Waals surface area contributed by atoms with Gasteiger partial charge in [0.15, 0.2) is 0 Å². The number of nitrogens with one attached hydrogen (secondary N) is 1. The second-order valence-corrected chi connectivity index (χ2v) is 4.71. The van der Waals surface area contributed by atoms with E-state index in [0.29, 0.717) is 6.04 Å². The molecule has 2 atom stereocenters. The van der Waals surface area contributed by atoms with Gasteiger partial charge in [0.1, 0.15) is 0 Å². The minimum atomic E-state index is 0.259. The lowest BCUT2D eigenvalue weighted by Crippen LogP contribution is -2.40. The highest BCUT2D eigenvalue weighted by atomic mass is 16.5. The minimum absolute atomic E-state index is 0.259. The molecule has 0 aliphatic rings. The average Bonchev–Trinajstić information content (AvgIpc) is 2.75. The molecule has 1 rings (SSSR count). The number of aryl methyl sites for hydroxylation is 2. The van der Waals surface area contributed by atoms with Crippen LogP contribution in [0.1, 0.15) is 39.3 Å². The Morgan fingerprint density at radius 2 is 2.22 bits per heavy atom. The molecular formula is C14H27N3O. The molecule has 1 aromatic rings. The largest absolute Gasteiger partial charge is 0.377 e. The van der Waals surface area contributed by atoms with E-state index in [0.717, 1.165) is 32.4 Å². The first-order chi connectivity index (χ1) is 8.69. The van der Waals surface area contributed by atoms with Gasteiger partial charge in [-0.15, -0.1) is 0 Å². The van der Waals surface area contributed by atoms with Crippen molar-refractivity contribution in [1.29, 1.82) is 0 Å². The molecular weight excluding hydrogens is 226 g/mol. The molecule has 0 amide bonds. The van der Waals surface area contributed by atoms with Crippen molar-refractivity contribution in [2.75, 3.05) is 13.2 Å². The normalized spacial score (nSPS) is 14.7. The van der Waals surface area contributed by atoms with Crippen molar-refractivity contribution in [2.24, 2.45) is 7.05 Å². The van der Waals surface area contributed by atoms with Gasteiger partial charge in [-0.05, 0) is 45.7 Å². The SMILES string of the molecule is CCCNC(CCc1ccnn1C)C(C)OCC. The zero-order chi connectivity index (χ0) is 13.4. The molecule has 0 fully saturated rings. The summed E-state index contributed by atoms with van der Waals surface area (Å²) in [5, 5.41) is 7.78. The zero-order valence-electron chi connectivity index (χ0n) is 12.1. The Balaban J connectivity index is 2.47. The predicted molar refractivity (Wildman–Crippen MR) is 74.7 cm³/mol. The topological polar surface area (TPSA) is 39.1 Å². The maximum absolute atomic E-state index is 5.72. The lowest BCUT2D eigenvalue weighted by atomic mass is 10.0. The summed E-state index contributed by atoms with van der Waals surface area (Å²) >= 11 is 0. The Morgan fingerprint density at radius 1 is 1.44 bits per heavy atom. The molecule has 0 spiro atoms. The van der Waals surface area contributed by atoms with Gasteiger partial charge in [0, 0.05) is 31.6 Å². The van der Waals surface area contributed by atoms with Gasteiger partial charge in [0.05, 0.1) is 6.10 Å². The Hall–Kier alpha value is -0.870. The van der Waals surface area contributed by atoms with Crippen molar-refractivity contribution in [3.05, 3.63) is 18.0 Å². The van der Waals surface area contributed by atoms with E-state index in [1.165, 1.54) is 5.69 Å². The third-order valence-electron chi connectivity index (χ3n) is 3.29. The van der Waals surface area contributed by atoms with Gasteiger partial charge in [0.25, 0.3) is 0 Å². The van der Waals surface area contributed by atoms with E-state index in [9.17, 15) is 0 Å². The molecule has 0 bridgehead atoms. The molecule has 1 heterocycles. The fraction of sp³-hybridized carbons (Fsp3) is 0.786. The molecule has 4 nitrogen and oxygen atoms in total. The molecule has 0 saturated heterocycles. The van der Waals surface area contributed by atoms with E-state index >= 15 is 0 Å². The second-order valence-electron chi connectivity index (χ2n) is 4.71. The van der Waals surface area contributed by atoms with Crippen LogP contribution in [-0.4, -0.2) is 35.1 Å². The molecule has 0 aliphatic heterocycles. The third-order valence-corrected chi connectivity index (χ3v) is 3.29. The third kappa shape index (κ3) is 4.78. The number of rotatable bonds is 9. The van der Waals surface area contributed by atoms with E-state index in [-0.39, 0.29) is 6.10 Å². The summed E-state index contributed by atoms with van der Waals surface area (Å²) in [6, 6.07) is 2.50. The van der Waals surface area contributed by atoms with Crippen LogP contribution in [0.15, 0.2) is 12.3 Å². The smallest absolute Gasteiger partial charge is 0.0699 e. The molecule has 2 unspecified atom stereocenters. The van der Waals surface area contributed by atoms with Crippen LogP contribution in [0.4, 0.5) is 0 Å². The summed E-state index contributed by atoms with van der Waals surface area (Å²) in [6.07, 6.45) is 5.39. The van der Waals surface area contributed by atoms with Gasteiger partial charge in [-0.2, -0.15) is 5.10 Å². The van der Waals surface area contributed by atoms with Gasteiger partial charge in [-0.25, -0.2) is 0 Å². The molecule has 0 aliphatic carbocycles. The number of hydrogen-bond donors (Lipinski definition) is 1. The van der Waals surface area contributed by atoms with E-state index < -0.39 is 0 Å². The summed E-state index contributed by atoms with van der Waals surface area (Å²) in [5.74, 6) is 0. The Labute approximate surface area is 111 Å². The van der Waals surface area contributed by atoms with Crippen LogP contribution in [0.5, 0.6) is 0 Å². The molecule has 0 aromatic carbocycles. The van der Waals surface area contributed by atoms with Crippen LogP contribution in [0.3, 0.4) is 0 Å². The Bertz CT molecular complexity index is 325. The minimum Gasteiger partial charge on any atom is -0.377 e. The summed E-state index contributed by atoms with van der Waals surface area (Å²) in [4.78, 5) is 0. The highest BCUT2D eigenvalue weighted by molar-refractivity contribution is 5.00. The van der Waals surface area contributed by atoms with Gasteiger partial charge in [-0.3, -0.25) is 4.68 Å². The average molecular weight is 253 g/mol. The van der Waals surface area contributed by atoms with Crippen LogP contribution in [0.2, 0.25) is 0 Å². The fourth-order valence-electron chi connectivity index (χ4n) is 2.16. The van der Waals surface area contributed by atoms with Crippen LogP contribution < -0.4 is 5.32 Å². The van der Waals surface area contributed by atoms with Crippen molar-refractivity contribution < 1.29 is 4.74 Å². The highest BCUT2D eigenvalue weighted by Crippen LogP contribution is 2.09. The molecule has 0 saturated carbocycles. The first kappa shape index (κ1) is 15.2. The molecule has 0 radical (unpaired) electrons. The van der Waals surface area contributed by atoms with Crippen LogP contribution in [-0.2, 0) is 18.2 Å². The van der Waals surface area contributed by atoms with Crippen molar-refractivity contribution in [2.45, 2.75) is 52.2 Å². The van der Waals surface area contributed by atoms with Crippen molar-refractivity contribution in [3.8, 4) is 0 Å². The first-order valence-electron chi connectivity index (χ1n) is 7.00. The van der Waals surface area contributed by atoms with Gasteiger partial charge in [0.2, 0.25) is 0 Å². The van der Waals surface area contributed by atoms with Crippen molar-refractivity contribution in [1.82, 2.24) is 15.1 Å². The van der Waals surface area contributed by atoms with Crippen LogP contribution >= 0.6 is 0 Å². The molecule has 18 heavy (non-hydrogen) atoms. The maximum Gasteiger partial charge on any atom is 0.0699 e. The number of hydrogen-bond acceptors (Lipinski definition) is 3. The van der Waals surface area contributed by atoms with Gasteiger partial charge >= 0.3 is 0 Å². The highest BCUT2D eigenvalue weighted by Gasteiger charge is 2.17. The zero-order valence-corrected chi connectivity index (χ0v) is 12.1. The monoisotopic (exact) mass is 253 g/mol. The number of nitrogens with zero attached hydrogens (tertiary/aromatic N) is 2. The molecule has 4 heteroatoms. The fourth-order valence-corrected chi connectivity index (χ4v) is 2.16. The van der Waals surface area contributed by atoms with Gasteiger partial charge < -0.3 is 10.1 Å². The van der Waals surface area contributed by atoms with Crippen LogP contribution in [0.25, 0.3) is 0 Å². The Morgan fingerprint density at radius 3 is 2.78 bits per heavy atom. The molecule has 1 aromatic heterocycles. The lowest BCUT2D eigenvalue weighted by molar-refractivity contribution is 0.0452. The standard InChI is InChI=1S/C14H27N3O/c1-5-10-15-14(12(3)18-6-2)8-7-13-9-11-16-17(13)4/h9,11-12,14-15H,5-8,10H2,1-4H3. The van der Waals surface area contributed by atoms with E-state index in [2.05, 4.69) is 37.3 Å². The van der Waals surface area contributed by atoms with Gasteiger partial charge in [-0.1, -0.05) is 6.92 Å². The van der Waals surface area contributed by atoms with Crippen molar-refractivity contribution >= 4 is 0 Å². The second kappa shape index (κ2) is 8.27. The summed E-state index contributed by atoms with van der Waals surface area (Å²) in [7, 11) is 2.00. The quantitative estimate of drug-likeness (QED) is 0.733. The summed E-state index contributed by atoms with van der Waals surface area (Å²) in [6.45, 7) is 8.22. The number of aromatic nitrogens is 2. The first-order valence-corrected chi connectivity index (χ1v) is 7.00. The summed E-state index contributed by atoms with van der Waals surface area (Å²) in [5.41, 5.74) is 1.28. The van der Waals surface area contributed by atoms with Crippen LogP contribution in [0, 0.1) is 0 Å². The Kier molecular flexibility index (Phi) is 6.98. The van der Waals surface area contributed by atoms with E-state index in [1.54, 1.807) is 0 Å². The van der Waals surface area contributed by atoms with E-state index in [4.69, 9.17) is 4.74 Å². The summed E-state index contributed by atoms with van der Waals surface area (Å²) < 4.78 is 7.66. The molecule has 104 valence electrons. The maximum atomic E-state index is 5.72. The van der Waals surface area contributed by atoms with Crippen molar-refractivity contribution in [3.63, 3.8) is 0 Å². The predicted octanol–water partition coefficient (Wildman–Crippen LogP) is 2.15. The molecule has 1 N–H and O–H groups in total. The number of ether oxygens (including phenoxy) is 1.